The van der Waals surface area contributed by atoms with E-state index < -0.39 is 0 Å². The molecule has 1 aliphatic rings. The Bertz CT molecular complexity index is 797. The van der Waals surface area contributed by atoms with Gasteiger partial charge in [0.25, 0.3) is 0 Å². The largest absolute Gasteiger partial charge is 0.504 e. The Morgan fingerprint density at radius 1 is 1.31 bits per heavy atom. The summed E-state index contributed by atoms with van der Waals surface area (Å²) in [5, 5.41) is 11.1. The third-order valence-electron chi connectivity index (χ3n) is 4.29. The van der Waals surface area contributed by atoms with Crippen molar-refractivity contribution in [1.82, 2.24) is 4.90 Å². The number of aromatic hydroxyl groups is 1. The first-order chi connectivity index (χ1) is 12.6. The van der Waals surface area contributed by atoms with E-state index in [1.165, 1.54) is 0 Å². The van der Waals surface area contributed by atoms with Gasteiger partial charge in [-0.05, 0) is 41.1 Å². The molecule has 0 spiro atoms. The molecule has 1 heterocycles. The molecule has 0 unspecified atom stereocenters. The van der Waals surface area contributed by atoms with Crippen molar-refractivity contribution in [3.05, 3.63) is 47.0 Å². The molecule has 0 saturated carbocycles. The van der Waals surface area contributed by atoms with Crippen molar-refractivity contribution >= 4 is 29.3 Å². The van der Waals surface area contributed by atoms with E-state index in [-0.39, 0.29) is 11.7 Å². The number of amides is 1. The molecule has 2 aromatic rings. The van der Waals surface area contributed by atoms with Crippen LogP contribution in [0.5, 0.6) is 11.5 Å². The average molecular weight is 392 g/mol. The molecule has 2 aromatic carbocycles. The van der Waals surface area contributed by atoms with E-state index in [1.54, 1.807) is 17.8 Å². The van der Waals surface area contributed by atoms with Crippen LogP contribution >= 0.6 is 23.4 Å². The SMILES string of the molecule is CCSCCC(=O)N1CCOc2c(O)cc(-c3cccc(Cl)c3)cc2C1. The maximum atomic E-state index is 12.5. The van der Waals surface area contributed by atoms with Crippen LogP contribution in [0.2, 0.25) is 5.02 Å². The first kappa shape index (κ1) is 18.9. The maximum Gasteiger partial charge on any atom is 0.223 e. The van der Waals surface area contributed by atoms with Crippen LogP contribution in [-0.4, -0.2) is 40.6 Å². The molecule has 0 radical (unpaired) electrons. The van der Waals surface area contributed by atoms with E-state index in [2.05, 4.69) is 6.92 Å². The third-order valence-corrected chi connectivity index (χ3v) is 5.43. The number of ether oxygens (including phenoxy) is 1. The van der Waals surface area contributed by atoms with E-state index in [4.69, 9.17) is 16.3 Å². The summed E-state index contributed by atoms with van der Waals surface area (Å²) >= 11 is 7.85. The number of phenolic OH excluding ortho intramolecular Hbond substituents is 1. The van der Waals surface area contributed by atoms with Crippen LogP contribution < -0.4 is 4.74 Å². The first-order valence-corrected chi connectivity index (χ1v) is 10.2. The standard InChI is InChI=1S/C20H22ClNO3S/c1-2-26-9-6-19(24)22-7-8-25-20-16(13-22)10-15(12-18(20)23)14-4-3-5-17(21)11-14/h3-5,10-12,23H,2,6-9,13H2,1H3. The van der Waals surface area contributed by atoms with E-state index in [0.717, 1.165) is 28.2 Å². The molecule has 0 saturated heterocycles. The molecule has 6 heteroatoms. The van der Waals surface area contributed by atoms with Crippen LogP contribution in [0.15, 0.2) is 36.4 Å². The predicted molar refractivity (Wildman–Crippen MR) is 107 cm³/mol. The van der Waals surface area contributed by atoms with Gasteiger partial charge < -0.3 is 14.7 Å². The van der Waals surface area contributed by atoms with Gasteiger partial charge in [0.2, 0.25) is 5.91 Å². The summed E-state index contributed by atoms with van der Waals surface area (Å²) in [6, 6.07) is 11.1. The zero-order valence-corrected chi connectivity index (χ0v) is 16.3. The van der Waals surface area contributed by atoms with E-state index in [0.29, 0.717) is 36.9 Å². The minimum absolute atomic E-state index is 0.0910. The number of benzene rings is 2. The van der Waals surface area contributed by atoms with E-state index in [1.807, 2.05) is 35.2 Å². The Morgan fingerprint density at radius 3 is 2.92 bits per heavy atom. The Morgan fingerprint density at radius 2 is 2.15 bits per heavy atom. The normalized spacial score (nSPS) is 13.7. The fourth-order valence-electron chi connectivity index (χ4n) is 3.01. The fourth-order valence-corrected chi connectivity index (χ4v) is 3.81. The molecular formula is C20H22ClNO3S. The Balaban J connectivity index is 1.86. The molecule has 4 nitrogen and oxygen atoms in total. The summed E-state index contributed by atoms with van der Waals surface area (Å²) in [5.41, 5.74) is 2.58. The lowest BCUT2D eigenvalue weighted by Crippen LogP contribution is -2.32. The zero-order valence-electron chi connectivity index (χ0n) is 14.7. The number of carbonyl (C=O) groups is 1. The number of rotatable bonds is 5. The number of phenols is 1. The molecule has 1 amide bonds. The summed E-state index contributed by atoms with van der Waals surface area (Å²) < 4.78 is 5.72. The van der Waals surface area contributed by atoms with Crippen molar-refractivity contribution in [1.29, 1.82) is 0 Å². The Hall–Kier alpha value is -1.85. The molecule has 0 aliphatic carbocycles. The van der Waals surface area contributed by atoms with Crippen molar-refractivity contribution < 1.29 is 14.6 Å². The highest BCUT2D eigenvalue weighted by molar-refractivity contribution is 7.99. The second-order valence-corrected chi connectivity index (χ2v) is 7.93. The molecule has 138 valence electrons. The number of halogens is 1. The van der Waals surface area contributed by atoms with Crippen LogP contribution in [0, 0.1) is 0 Å². The second kappa shape index (κ2) is 8.69. The van der Waals surface area contributed by atoms with Gasteiger partial charge in [-0.25, -0.2) is 0 Å². The third kappa shape index (κ3) is 4.46. The number of thioether (sulfide) groups is 1. The van der Waals surface area contributed by atoms with Gasteiger partial charge in [-0.3, -0.25) is 4.79 Å². The van der Waals surface area contributed by atoms with Crippen LogP contribution in [0.1, 0.15) is 18.9 Å². The van der Waals surface area contributed by atoms with Gasteiger partial charge >= 0.3 is 0 Å². The van der Waals surface area contributed by atoms with Gasteiger partial charge in [0, 0.05) is 29.3 Å². The lowest BCUT2D eigenvalue weighted by atomic mass is 10.0. The zero-order chi connectivity index (χ0) is 18.5. The summed E-state index contributed by atoms with van der Waals surface area (Å²) in [6.07, 6.45) is 0.522. The van der Waals surface area contributed by atoms with Crippen LogP contribution in [-0.2, 0) is 11.3 Å². The molecule has 0 fully saturated rings. The minimum atomic E-state index is 0.0910. The monoisotopic (exact) mass is 391 g/mol. The average Bonchev–Trinajstić information content (AvgIpc) is 2.85. The number of carbonyl (C=O) groups excluding carboxylic acids is 1. The smallest absolute Gasteiger partial charge is 0.223 e. The van der Waals surface area contributed by atoms with Crippen LogP contribution in [0.25, 0.3) is 11.1 Å². The molecule has 0 bridgehead atoms. The summed E-state index contributed by atoms with van der Waals surface area (Å²) in [7, 11) is 0. The van der Waals surface area contributed by atoms with Crippen molar-refractivity contribution in [2.24, 2.45) is 0 Å². The maximum absolute atomic E-state index is 12.5. The Kier molecular flexibility index (Phi) is 6.33. The van der Waals surface area contributed by atoms with Crippen LogP contribution in [0.3, 0.4) is 0 Å². The van der Waals surface area contributed by atoms with Crippen molar-refractivity contribution in [2.75, 3.05) is 24.7 Å². The Labute approximate surface area is 163 Å². The van der Waals surface area contributed by atoms with Gasteiger partial charge in [0.05, 0.1) is 6.54 Å². The van der Waals surface area contributed by atoms with Crippen LogP contribution in [0.4, 0.5) is 0 Å². The van der Waals surface area contributed by atoms with E-state index >= 15 is 0 Å². The summed E-state index contributed by atoms with van der Waals surface area (Å²) in [6.45, 7) is 3.43. The number of hydrogen-bond donors (Lipinski definition) is 1. The predicted octanol–water partition coefficient (Wildman–Crippen LogP) is 4.58. The van der Waals surface area contributed by atoms with Gasteiger partial charge in [-0.1, -0.05) is 30.7 Å². The van der Waals surface area contributed by atoms with Gasteiger partial charge in [-0.2, -0.15) is 11.8 Å². The highest BCUT2D eigenvalue weighted by atomic mass is 35.5. The lowest BCUT2D eigenvalue weighted by Gasteiger charge is -2.20. The van der Waals surface area contributed by atoms with Crippen molar-refractivity contribution in [3.63, 3.8) is 0 Å². The lowest BCUT2D eigenvalue weighted by molar-refractivity contribution is -0.131. The molecule has 0 aromatic heterocycles. The second-order valence-electron chi connectivity index (χ2n) is 6.10. The van der Waals surface area contributed by atoms with Crippen molar-refractivity contribution in [3.8, 4) is 22.6 Å². The highest BCUT2D eigenvalue weighted by Crippen LogP contribution is 2.38. The topological polar surface area (TPSA) is 49.8 Å². The van der Waals surface area contributed by atoms with Crippen molar-refractivity contribution in [2.45, 2.75) is 19.9 Å². The molecule has 26 heavy (non-hydrogen) atoms. The summed E-state index contributed by atoms with van der Waals surface area (Å²) in [5.74, 6) is 2.51. The van der Waals surface area contributed by atoms with E-state index in [9.17, 15) is 9.90 Å². The number of fused-ring (bicyclic) bond motifs is 1. The quantitative estimate of drug-likeness (QED) is 0.758. The molecule has 1 N–H and O–H groups in total. The molecular weight excluding hydrogens is 370 g/mol. The molecule has 1 aliphatic heterocycles. The summed E-state index contributed by atoms with van der Waals surface area (Å²) in [4.78, 5) is 14.3. The number of hydrogen-bond acceptors (Lipinski definition) is 4. The van der Waals surface area contributed by atoms with Gasteiger partial charge in [0.1, 0.15) is 6.61 Å². The molecule has 3 rings (SSSR count). The highest BCUT2D eigenvalue weighted by Gasteiger charge is 2.22. The first-order valence-electron chi connectivity index (χ1n) is 8.68. The van der Waals surface area contributed by atoms with Gasteiger partial charge in [-0.15, -0.1) is 0 Å². The van der Waals surface area contributed by atoms with Gasteiger partial charge in [0.15, 0.2) is 11.5 Å². The fraction of sp³-hybridized carbons (Fsp3) is 0.350. The minimum Gasteiger partial charge on any atom is -0.504 e. The molecule has 0 atom stereocenters. The number of nitrogens with zero attached hydrogens (tertiary/aromatic N) is 1.